The second-order valence-corrected chi connectivity index (χ2v) is 6.09. The van der Waals surface area contributed by atoms with E-state index in [2.05, 4.69) is 0 Å². The van der Waals surface area contributed by atoms with Crippen LogP contribution in [0.3, 0.4) is 0 Å². The summed E-state index contributed by atoms with van der Waals surface area (Å²) in [4.78, 5) is 14.3. The van der Waals surface area contributed by atoms with Crippen LogP contribution in [0.15, 0.2) is 24.3 Å². The molecule has 0 N–H and O–H groups in total. The Kier molecular flexibility index (Phi) is 3.30. The molecule has 1 saturated heterocycles. The predicted molar refractivity (Wildman–Crippen MR) is 80.7 cm³/mol. The van der Waals surface area contributed by atoms with E-state index < -0.39 is 0 Å². The number of benzene rings is 1. The highest BCUT2D eigenvalue weighted by atomic mass is 16.7. The predicted octanol–water partition coefficient (Wildman–Crippen LogP) is 2.21. The van der Waals surface area contributed by atoms with Crippen molar-refractivity contribution in [3.05, 3.63) is 29.8 Å². The zero-order valence-corrected chi connectivity index (χ0v) is 12.4. The van der Waals surface area contributed by atoms with Gasteiger partial charge in [0.2, 0.25) is 12.7 Å². The standard InChI is InChI=1S/C17H19NO4/c19-16(18-8-9-22-17(11-18)6-1-7-17)5-3-13-2-4-14-15(10-13)21-12-20-14/h2-5,10H,1,6-9,11-12H2/b5-3+. The third-order valence-electron chi connectivity index (χ3n) is 4.64. The molecule has 5 nitrogen and oxygen atoms in total. The first kappa shape index (κ1) is 13.6. The maximum atomic E-state index is 12.4. The average molecular weight is 301 g/mol. The lowest BCUT2D eigenvalue weighted by atomic mass is 9.79. The number of amides is 1. The fraction of sp³-hybridized carbons (Fsp3) is 0.471. The molecule has 2 heterocycles. The van der Waals surface area contributed by atoms with Gasteiger partial charge in [-0.25, -0.2) is 0 Å². The van der Waals surface area contributed by atoms with Gasteiger partial charge < -0.3 is 19.1 Å². The Labute approximate surface area is 129 Å². The topological polar surface area (TPSA) is 48.0 Å². The molecule has 22 heavy (non-hydrogen) atoms. The first-order valence-electron chi connectivity index (χ1n) is 7.75. The number of hydrogen-bond acceptors (Lipinski definition) is 4. The fourth-order valence-electron chi connectivity index (χ4n) is 3.20. The van der Waals surface area contributed by atoms with Gasteiger partial charge in [-0.1, -0.05) is 6.07 Å². The summed E-state index contributed by atoms with van der Waals surface area (Å²) >= 11 is 0. The van der Waals surface area contributed by atoms with Gasteiger partial charge in [-0.2, -0.15) is 0 Å². The molecular formula is C17H19NO4. The number of morpholine rings is 1. The molecule has 1 aromatic rings. The molecular weight excluding hydrogens is 282 g/mol. The van der Waals surface area contributed by atoms with Gasteiger partial charge in [0.25, 0.3) is 0 Å². The van der Waals surface area contributed by atoms with Gasteiger partial charge in [-0.05, 0) is 43.0 Å². The van der Waals surface area contributed by atoms with Crippen molar-refractivity contribution in [1.82, 2.24) is 4.90 Å². The van der Waals surface area contributed by atoms with Gasteiger partial charge in [0.05, 0.1) is 18.8 Å². The molecule has 0 unspecified atom stereocenters. The molecule has 2 aliphatic heterocycles. The van der Waals surface area contributed by atoms with Crippen molar-refractivity contribution in [2.75, 3.05) is 26.5 Å². The SMILES string of the molecule is O=C(/C=C/c1ccc2c(c1)OCO2)N1CCOC2(CCC2)C1. The Bertz CT molecular complexity index is 621. The Balaban J connectivity index is 1.42. The highest BCUT2D eigenvalue weighted by molar-refractivity contribution is 5.92. The van der Waals surface area contributed by atoms with E-state index in [0.717, 1.165) is 36.4 Å². The number of carbonyl (C=O) groups excluding carboxylic acids is 1. The second kappa shape index (κ2) is 5.32. The van der Waals surface area contributed by atoms with Crippen molar-refractivity contribution in [2.45, 2.75) is 24.9 Å². The van der Waals surface area contributed by atoms with Crippen molar-refractivity contribution in [3.8, 4) is 11.5 Å². The summed E-state index contributed by atoms with van der Waals surface area (Å²) in [5.74, 6) is 1.53. The van der Waals surface area contributed by atoms with Gasteiger partial charge in [0.15, 0.2) is 11.5 Å². The molecule has 1 amide bonds. The van der Waals surface area contributed by atoms with Gasteiger partial charge >= 0.3 is 0 Å². The molecule has 4 rings (SSSR count). The van der Waals surface area contributed by atoms with Crippen LogP contribution in [0.25, 0.3) is 6.08 Å². The Morgan fingerprint density at radius 1 is 1.23 bits per heavy atom. The molecule has 0 radical (unpaired) electrons. The summed E-state index contributed by atoms with van der Waals surface area (Å²) in [5, 5.41) is 0. The van der Waals surface area contributed by atoms with Crippen LogP contribution in [0.5, 0.6) is 11.5 Å². The minimum absolute atomic E-state index is 0.0484. The Morgan fingerprint density at radius 2 is 2.09 bits per heavy atom. The van der Waals surface area contributed by atoms with Crippen molar-refractivity contribution < 1.29 is 19.0 Å². The van der Waals surface area contributed by atoms with E-state index in [9.17, 15) is 4.79 Å². The van der Waals surface area contributed by atoms with E-state index in [-0.39, 0.29) is 18.3 Å². The third-order valence-corrected chi connectivity index (χ3v) is 4.64. The summed E-state index contributed by atoms with van der Waals surface area (Å²) in [5.41, 5.74) is 0.879. The lowest BCUT2D eigenvalue weighted by Crippen LogP contribution is -2.56. The minimum atomic E-state index is -0.0551. The van der Waals surface area contributed by atoms with Crippen LogP contribution in [0.1, 0.15) is 24.8 Å². The van der Waals surface area contributed by atoms with E-state index in [4.69, 9.17) is 14.2 Å². The summed E-state index contributed by atoms with van der Waals surface area (Å²) in [7, 11) is 0. The van der Waals surface area contributed by atoms with Crippen LogP contribution in [0.4, 0.5) is 0 Å². The molecule has 116 valence electrons. The van der Waals surface area contributed by atoms with Crippen molar-refractivity contribution in [2.24, 2.45) is 0 Å². The van der Waals surface area contributed by atoms with E-state index >= 15 is 0 Å². The zero-order valence-electron chi connectivity index (χ0n) is 12.4. The minimum Gasteiger partial charge on any atom is -0.454 e. The largest absolute Gasteiger partial charge is 0.454 e. The molecule has 1 saturated carbocycles. The number of ether oxygens (including phenoxy) is 3. The summed E-state index contributed by atoms with van der Waals surface area (Å²) in [6, 6.07) is 5.67. The zero-order chi connectivity index (χ0) is 15.0. The highest BCUT2D eigenvalue weighted by Crippen LogP contribution is 2.38. The highest BCUT2D eigenvalue weighted by Gasteiger charge is 2.42. The maximum Gasteiger partial charge on any atom is 0.246 e. The Morgan fingerprint density at radius 3 is 2.91 bits per heavy atom. The molecule has 1 spiro atoms. The monoisotopic (exact) mass is 301 g/mol. The number of hydrogen-bond donors (Lipinski definition) is 0. The van der Waals surface area contributed by atoms with Crippen LogP contribution in [0.2, 0.25) is 0 Å². The van der Waals surface area contributed by atoms with Gasteiger partial charge in [0.1, 0.15) is 0 Å². The van der Waals surface area contributed by atoms with Crippen molar-refractivity contribution in [1.29, 1.82) is 0 Å². The summed E-state index contributed by atoms with van der Waals surface area (Å²) < 4.78 is 16.5. The quantitative estimate of drug-likeness (QED) is 0.786. The van der Waals surface area contributed by atoms with Crippen LogP contribution in [-0.2, 0) is 9.53 Å². The molecule has 5 heteroatoms. The van der Waals surface area contributed by atoms with Gasteiger partial charge in [-0.15, -0.1) is 0 Å². The van der Waals surface area contributed by atoms with Crippen molar-refractivity contribution >= 4 is 12.0 Å². The maximum absolute atomic E-state index is 12.4. The normalized spacial score (nSPS) is 22.1. The third kappa shape index (κ3) is 2.46. The molecule has 1 aliphatic carbocycles. The van der Waals surface area contributed by atoms with E-state index in [0.29, 0.717) is 13.2 Å². The number of rotatable bonds is 2. The van der Waals surface area contributed by atoms with Crippen LogP contribution in [-0.4, -0.2) is 42.9 Å². The number of fused-ring (bicyclic) bond motifs is 1. The number of nitrogens with zero attached hydrogens (tertiary/aromatic N) is 1. The summed E-state index contributed by atoms with van der Waals surface area (Å²) in [6.07, 6.45) is 6.81. The molecule has 3 aliphatic rings. The van der Waals surface area contributed by atoms with Crippen LogP contribution in [0, 0.1) is 0 Å². The molecule has 0 atom stereocenters. The Hall–Kier alpha value is -2.01. The molecule has 1 aromatic carbocycles. The first-order valence-corrected chi connectivity index (χ1v) is 7.75. The molecule has 0 aromatic heterocycles. The fourth-order valence-corrected chi connectivity index (χ4v) is 3.20. The average Bonchev–Trinajstić information content (AvgIpc) is 2.99. The second-order valence-electron chi connectivity index (χ2n) is 6.09. The summed E-state index contributed by atoms with van der Waals surface area (Å²) in [6.45, 7) is 2.30. The lowest BCUT2D eigenvalue weighted by molar-refractivity contribution is -0.164. The van der Waals surface area contributed by atoms with Gasteiger partial charge in [-0.3, -0.25) is 4.79 Å². The van der Waals surface area contributed by atoms with Crippen molar-refractivity contribution in [3.63, 3.8) is 0 Å². The van der Waals surface area contributed by atoms with E-state index in [1.807, 2.05) is 29.2 Å². The van der Waals surface area contributed by atoms with Gasteiger partial charge in [0, 0.05) is 12.6 Å². The lowest BCUT2D eigenvalue weighted by Gasteiger charge is -2.48. The van der Waals surface area contributed by atoms with E-state index in [1.165, 1.54) is 6.42 Å². The van der Waals surface area contributed by atoms with Crippen LogP contribution < -0.4 is 9.47 Å². The molecule has 2 fully saturated rings. The smallest absolute Gasteiger partial charge is 0.246 e. The first-order chi connectivity index (χ1) is 10.7. The van der Waals surface area contributed by atoms with E-state index in [1.54, 1.807) is 6.08 Å². The number of carbonyl (C=O) groups is 1. The van der Waals surface area contributed by atoms with Crippen LogP contribution >= 0.6 is 0 Å². The molecule has 0 bridgehead atoms.